The van der Waals surface area contributed by atoms with E-state index in [1.807, 2.05) is 0 Å². The number of hydrogen-bond acceptors (Lipinski definition) is 1. The molecule has 1 saturated carbocycles. The summed E-state index contributed by atoms with van der Waals surface area (Å²) < 4.78 is 0. The molecule has 108 valence electrons. The van der Waals surface area contributed by atoms with Crippen molar-refractivity contribution in [1.82, 2.24) is 5.32 Å². The van der Waals surface area contributed by atoms with Crippen molar-refractivity contribution >= 4 is 0 Å². The number of unbranched alkanes of at least 4 members (excludes halogenated alkanes) is 4. The van der Waals surface area contributed by atoms with E-state index < -0.39 is 0 Å². The maximum atomic E-state index is 3.57. The Hall–Kier alpha value is -0.0400. The molecule has 0 aromatic carbocycles. The molecule has 1 aliphatic rings. The maximum Gasteiger partial charge on any atom is -0.00180 e. The second kappa shape index (κ2) is 9.83. The van der Waals surface area contributed by atoms with Gasteiger partial charge in [0.2, 0.25) is 0 Å². The lowest BCUT2D eigenvalue weighted by atomic mass is 9.72. The molecule has 0 amide bonds. The van der Waals surface area contributed by atoms with Gasteiger partial charge in [-0.05, 0) is 43.7 Å². The summed E-state index contributed by atoms with van der Waals surface area (Å²) in [5.74, 6) is 2.95. The van der Waals surface area contributed by atoms with Gasteiger partial charge in [0.05, 0.1) is 0 Å². The third-order valence-electron chi connectivity index (χ3n) is 4.74. The Morgan fingerprint density at radius 3 is 2.44 bits per heavy atom. The van der Waals surface area contributed by atoms with Gasteiger partial charge in [-0.3, -0.25) is 0 Å². The SMILES string of the molecule is CCCCCCCC1CC(C)CCC1CNCC. The van der Waals surface area contributed by atoms with Crippen LogP contribution in [0.1, 0.15) is 78.6 Å². The van der Waals surface area contributed by atoms with Gasteiger partial charge in [0.1, 0.15) is 0 Å². The molecule has 0 bridgehead atoms. The molecule has 3 unspecified atom stereocenters. The van der Waals surface area contributed by atoms with Crippen LogP contribution >= 0.6 is 0 Å². The lowest BCUT2D eigenvalue weighted by molar-refractivity contribution is 0.172. The van der Waals surface area contributed by atoms with Crippen LogP contribution in [0.4, 0.5) is 0 Å². The molecule has 0 heterocycles. The van der Waals surface area contributed by atoms with Crippen molar-refractivity contribution in [2.24, 2.45) is 17.8 Å². The van der Waals surface area contributed by atoms with Crippen molar-refractivity contribution in [1.29, 1.82) is 0 Å². The van der Waals surface area contributed by atoms with E-state index in [0.717, 1.165) is 24.3 Å². The third-order valence-corrected chi connectivity index (χ3v) is 4.74. The molecule has 0 radical (unpaired) electrons. The van der Waals surface area contributed by atoms with E-state index in [4.69, 9.17) is 0 Å². The van der Waals surface area contributed by atoms with E-state index >= 15 is 0 Å². The Morgan fingerprint density at radius 2 is 1.72 bits per heavy atom. The Bertz CT molecular complexity index is 188. The van der Waals surface area contributed by atoms with Crippen LogP contribution in [-0.2, 0) is 0 Å². The first kappa shape index (κ1) is 16.0. The van der Waals surface area contributed by atoms with Crippen molar-refractivity contribution in [3.8, 4) is 0 Å². The largest absolute Gasteiger partial charge is 0.317 e. The fourth-order valence-electron chi connectivity index (χ4n) is 3.52. The minimum atomic E-state index is 0.965. The van der Waals surface area contributed by atoms with E-state index in [0.29, 0.717) is 0 Å². The zero-order chi connectivity index (χ0) is 13.2. The quantitative estimate of drug-likeness (QED) is 0.570. The first-order chi connectivity index (χ1) is 8.77. The van der Waals surface area contributed by atoms with E-state index in [2.05, 4.69) is 26.1 Å². The van der Waals surface area contributed by atoms with Gasteiger partial charge in [-0.1, -0.05) is 65.7 Å². The van der Waals surface area contributed by atoms with Crippen molar-refractivity contribution in [2.75, 3.05) is 13.1 Å². The minimum Gasteiger partial charge on any atom is -0.317 e. The maximum absolute atomic E-state index is 3.57. The topological polar surface area (TPSA) is 12.0 Å². The molecule has 1 nitrogen and oxygen atoms in total. The smallest absolute Gasteiger partial charge is 0.00180 e. The van der Waals surface area contributed by atoms with Crippen LogP contribution in [0.2, 0.25) is 0 Å². The van der Waals surface area contributed by atoms with E-state index in [1.54, 1.807) is 0 Å². The summed E-state index contributed by atoms with van der Waals surface area (Å²) in [5.41, 5.74) is 0. The Balaban J connectivity index is 2.23. The molecule has 0 aromatic heterocycles. The first-order valence-corrected chi connectivity index (χ1v) is 8.48. The normalized spacial score (nSPS) is 28.5. The van der Waals surface area contributed by atoms with Crippen LogP contribution in [0.25, 0.3) is 0 Å². The van der Waals surface area contributed by atoms with Gasteiger partial charge in [-0.25, -0.2) is 0 Å². The van der Waals surface area contributed by atoms with Crippen LogP contribution < -0.4 is 5.32 Å². The Kier molecular flexibility index (Phi) is 8.75. The van der Waals surface area contributed by atoms with Gasteiger partial charge in [0.25, 0.3) is 0 Å². The molecule has 1 aliphatic carbocycles. The van der Waals surface area contributed by atoms with E-state index in [-0.39, 0.29) is 0 Å². The summed E-state index contributed by atoms with van der Waals surface area (Å²) in [4.78, 5) is 0. The molecule has 1 heteroatoms. The van der Waals surface area contributed by atoms with Gasteiger partial charge in [0.15, 0.2) is 0 Å². The molecule has 1 fully saturated rings. The molecular formula is C17H35N. The molecule has 0 aliphatic heterocycles. The summed E-state index contributed by atoms with van der Waals surface area (Å²) in [6.07, 6.45) is 13.1. The summed E-state index contributed by atoms with van der Waals surface area (Å²) in [5, 5.41) is 3.57. The van der Waals surface area contributed by atoms with Crippen LogP contribution in [0.5, 0.6) is 0 Å². The number of hydrogen-bond donors (Lipinski definition) is 1. The van der Waals surface area contributed by atoms with E-state index in [1.165, 1.54) is 64.3 Å². The Morgan fingerprint density at radius 1 is 0.944 bits per heavy atom. The second-order valence-electron chi connectivity index (χ2n) is 6.45. The molecule has 0 aromatic rings. The van der Waals surface area contributed by atoms with Crippen LogP contribution in [-0.4, -0.2) is 13.1 Å². The molecule has 1 N–H and O–H groups in total. The number of nitrogens with one attached hydrogen (secondary N) is 1. The highest BCUT2D eigenvalue weighted by Crippen LogP contribution is 2.36. The molecule has 1 rings (SSSR count). The standard InChI is InChI=1S/C17H35N/c1-4-6-7-8-9-10-16-13-15(3)11-12-17(16)14-18-5-2/h15-18H,4-14H2,1-3H3. The minimum absolute atomic E-state index is 0.965. The molecule has 3 atom stereocenters. The molecule has 18 heavy (non-hydrogen) atoms. The van der Waals surface area contributed by atoms with Gasteiger partial charge in [-0.2, -0.15) is 0 Å². The lowest BCUT2D eigenvalue weighted by Gasteiger charge is -2.35. The molecule has 0 spiro atoms. The van der Waals surface area contributed by atoms with Gasteiger partial charge in [-0.15, -0.1) is 0 Å². The average molecular weight is 253 g/mol. The summed E-state index contributed by atoms with van der Waals surface area (Å²) >= 11 is 0. The Labute approximate surface area is 115 Å². The van der Waals surface area contributed by atoms with Crippen LogP contribution in [0.15, 0.2) is 0 Å². The summed E-state index contributed by atoms with van der Waals surface area (Å²) in [6.45, 7) is 9.38. The lowest BCUT2D eigenvalue weighted by Crippen LogP contribution is -2.32. The first-order valence-electron chi connectivity index (χ1n) is 8.48. The zero-order valence-corrected chi connectivity index (χ0v) is 13.0. The fourth-order valence-corrected chi connectivity index (χ4v) is 3.52. The molecular weight excluding hydrogens is 218 g/mol. The third kappa shape index (κ3) is 6.22. The summed E-state index contributed by atoms with van der Waals surface area (Å²) in [6, 6.07) is 0. The second-order valence-corrected chi connectivity index (χ2v) is 6.45. The highest BCUT2D eigenvalue weighted by molar-refractivity contribution is 4.80. The van der Waals surface area contributed by atoms with Crippen molar-refractivity contribution in [2.45, 2.75) is 78.6 Å². The highest BCUT2D eigenvalue weighted by atomic mass is 14.8. The highest BCUT2D eigenvalue weighted by Gasteiger charge is 2.27. The van der Waals surface area contributed by atoms with Crippen LogP contribution in [0, 0.1) is 17.8 Å². The summed E-state index contributed by atoms with van der Waals surface area (Å²) in [7, 11) is 0. The van der Waals surface area contributed by atoms with Crippen molar-refractivity contribution in [3.05, 3.63) is 0 Å². The van der Waals surface area contributed by atoms with Crippen molar-refractivity contribution in [3.63, 3.8) is 0 Å². The average Bonchev–Trinajstić information content (AvgIpc) is 2.37. The van der Waals surface area contributed by atoms with Gasteiger partial charge >= 0.3 is 0 Å². The van der Waals surface area contributed by atoms with Crippen LogP contribution in [0.3, 0.4) is 0 Å². The monoisotopic (exact) mass is 253 g/mol. The molecule has 0 saturated heterocycles. The van der Waals surface area contributed by atoms with Gasteiger partial charge in [0, 0.05) is 0 Å². The predicted molar refractivity (Wildman–Crippen MR) is 81.9 cm³/mol. The van der Waals surface area contributed by atoms with E-state index in [9.17, 15) is 0 Å². The van der Waals surface area contributed by atoms with Gasteiger partial charge < -0.3 is 5.32 Å². The predicted octanol–water partition coefficient (Wildman–Crippen LogP) is 5.01. The zero-order valence-electron chi connectivity index (χ0n) is 13.0. The fraction of sp³-hybridized carbons (Fsp3) is 1.00. The van der Waals surface area contributed by atoms with Crippen molar-refractivity contribution < 1.29 is 0 Å². The number of rotatable bonds is 9.